The lowest BCUT2D eigenvalue weighted by molar-refractivity contribution is -0.137. The quantitative estimate of drug-likeness (QED) is 0.540. The molecule has 2 atom stereocenters. The molecule has 3 rings (SSSR count). The minimum Gasteiger partial charge on any atom is -0.481 e. The van der Waals surface area contributed by atoms with Gasteiger partial charge >= 0.3 is 12.1 Å². The van der Waals surface area contributed by atoms with E-state index in [9.17, 15) is 14.0 Å². The maximum Gasteiger partial charge on any atom is 0.410 e. The fourth-order valence-electron chi connectivity index (χ4n) is 5.51. The summed E-state index contributed by atoms with van der Waals surface area (Å²) in [5.41, 5.74) is 1.34. The Morgan fingerprint density at radius 1 is 1.29 bits per heavy atom. The van der Waals surface area contributed by atoms with Crippen LogP contribution >= 0.6 is 0 Å². The highest BCUT2D eigenvalue weighted by molar-refractivity contribution is 5.68. The lowest BCUT2D eigenvalue weighted by Crippen LogP contribution is -2.52. The third-order valence-electron chi connectivity index (χ3n) is 7.21. The van der Waals surface area contributed by atoms with Crippen LogP contribution < -0.4 is 0 Å². The molecule has 8 heteroatoms. The van der Waals surface area contributed by atoms with Gasteiger partial charge < -0.3 is 24.4 Å². The van der Waals surface area contributed by atoms with Crippen molar-refractivity contribution in [1.82, 2.24) is 9.80 Å². The molecule has 1 aromatic carbocycles. The number of aryl methyl sites for hydroxylation is 1. The van der Waals surface area contributed by atoms with E-state index in [1.165, 1.54) is 6.07 Å². The summed E-state index contributed by atoms with van der Waals surface area (Å²) in [7, 11) is 0. The van der Waals surface area contributed by atoms with E-state index in [0.717, 1.165) is 17.7 Å². The van der Waals surface area contributed by atoms with E-state index in [1.807, 2.05) is 6.07 Å². The lowest BCUT2D eigenvalue weighted by Gasteiger charge is -2.48. The minimum atomic E-state index is -0.789. The fraction of sp³-hybridized carbons (Fsp3) is 0.692. The highest BCUT2D eigenvalue weighted by atomic mass is 19.1. The number of benzene rings is 1. The molecule has 1 amide bonds. The number of carbonyl (C=O) groups is 2. The molecule has 1 fully saturated rings. The highest BCUT2D eigenvalue weighted by Gasteiger charge is 2.48. The zero-order valence-corrected chi connectivity index (χ0v) is 20.7. The molecular formula is C26H39FN2O5. The number of hydrogen-bond acceptors (Lipinski definition) is 5. The normalized spacial score (nSPS) is 22.6. The molecule has 34 heavy (non-hydrogen) atoms. The Hall–Kier alpha value is -2.19. The van der Waals surface area contributed by atoms with Gasteiger partial charge in [0.25, 0.3) is 0 Å². The molecule has 0 bridgehead atoms. The lowest BCUT2D eigenvalue weighted by atomic mass is 9.65. The van der Waals surface area contributed by atoms with Crippen molar-refractivity contribution in [2.45, 2.75) is 64.4 Å². The van der Waals surface area contributed by atoms with Gasteiger partial charge in [0.2, 0.25) is 0 Å². The number of rotatable bonds is 10. The molecule has 190 valence electrons. The topological polar surface area (TPSA) is 79.3 Å². The van der Waals surface area contributed by atoms with Crippen LogP contribution in [0.5, 0.6) is 0 Å². The van der Waals surface area contributed by atoms with Gasteiger partial charge in [-0.25, -0.2) is 9.18 Å². The van der Waals surface area contributed by atoms with Gasteiger partial charge in [0, 0.05) is 38.4 Å². The molecule has 1 aliphatic carbocycles. The second kappa shape index (κ2) is 12.0. The number of halogens is 1. The van der Waals surface area contributed by atoms with Crippen molar-refractivity contribution in [1.29, 1.82) is 0 Å². The Morgan fingerprint density at radius 3 is 2.68 bits per heavy atom. The monoisotopic (exact) mass is 478 g/mol. The molecule has 2 aliphatic rings. The van der Waals surface area contributed by atoms with Gasteiger partial charge in [0.15, 0.2) is 0 Å². The summed E-state index contributed by atoms with van der Waals surface area (Å²) in [4.78, 5) is 28.2. The molecular weight excluding hydrogens is 439 g/mol. The van der Waals surface area contributed by atoms with Gasteiger partial charge in [-0.1, -0.05) is 26.8 Å². The fourth-order valence-corrected chi connectivity index (χ4v) is 5.51. The SMILES string of the molecule is CCN(CCCC(=O)O)CC[C@@]1(OC(=O)N2CCOCC2)CCc2cc(F)ccc2C1C(C)C. The summed E-state index contributed by atoms with van der Waals surface area (Å²) >= 11 is 0. The van der Waals surface area contributed by atoms with Crippen LogP contribution in [0.4, 0.5) is 9.18 Å². The number of carboxylic acids is 1. The molecule has 1 aromatic rings. The molecule has 1 saturated heterocycles. The second-order valence-electron chi connectivity index (χ2n) is 9.78. The van der Waals surface area contributed by atoms with E-state index in [0.29, 0.717) is 65.1 Å². The number of fused-ring (bicyclic) bond motifs is 1. The van der Waals surface area contributed by atoms with Crippen LogP contribution in [0.2, 0.25) is 0 Å². The maximum atomic E-state index is 14.0. The predicted molar refractivity (Wildman–Crippen MR) is 128 cm³/mol. The first-order chi connectivity index (χ1) is 16.3. The summed E-state index contributed by atoms with van der Waals surface area (Å²) < 4.78 is 25.8. The van der Waals surface area contributed by atoms with Gasteiger partial charge in [-0.05, 0) is 61.5 Å². The largest absolute Gasteiger partial charge is 0.481 e. The Labute approximate surface area is 202 Å². The molecule has 0 aromatic heterocycles. The Morgan fingerprint density at radius 2 is 2.03 bits per heavy atom. The van der Waals surface area contributed by atoms with Gasteiger partial charge in [-0.3, -0.25) is 4.79 Å². The maximum absolute atomic E-state index is 14.0. The Bertz CT molecular complexity index is 842. The summed E-state index contributed by atoms with van der Waals surface area (Å²) in [5, 5.41) is 8.99. The van der Waals surface area contributed by atoms with Crippen LogP contribution in [0.25, 0.3) is 0 Å². The van der Waals surface area contributed by atoms with Gasteiger partial charge in [0.1, 0.15) is 11.4 Å². The van der Waals surface area contributed by atoms with Gasteiger partial charge in [-0.15, -0.1) is 0 Å². The minimum absolute atomic E-state index is 0.0560. The smallest absolute Gasteiger partial charge is 0.410 e. The Kier molecular flexibility index (Phi) is 9.31. The zero-order chi connectivity index (χ0) is 24.7. The van der Waals surface area contributed by atoms with E-state index in [2.05, 4.69) is 25.7 Å². The number of morpholine rings is 1. The number of nitrogens with zero attached hydrogens (tertiary/aromatic N) is 2. The standard InChI is InChI=1S/C26H39FN2O5/c1-4-28(12-5-6-23(30)31)13-11-26(34-25(32)29-14-16-33-17-15-29)10-9-20-18-21(27)7-8-22(20)24(26)19(2)3/h7-8,18-19,24H,4-6,9-17H2,1-3H3,(H,30,31)/t24?,26-/m0/s1. The second-order valence-corrected chi connectivity index (χ2v) is 9.78. The molecule has 1 aliphatic heterocycles. The summed E-state index contributed by atoms with van der Waals surface area (Å²) in [5.74, 6) is -0.902. The first kappa shape index (κ1) is 26.4. The summed E-state index contributed by atoms with van der Waals surface area (Å²) in [6.07, 6.45) is 2.34. The van der Waals surface area contributed by atoms with Crippen LogP contribution in [0.15, 0.2) is 18.2 Å². The van der Waals surface area contributed by atoms with Crippen LogP contribution in [0.3, 0.4) is 0 Å². The van der Waals surface area contributed by atoms with Crippen molar-refractivity contribution in [2.75, 3.05) is 45.9 Å². The molecule has 0 saturated carbocycles. The molecule has 1 heterocycles. The van der Waals surface area contributed by atoms with Crippen molar-refractivity contribution in [3.05, 3.63) is 35.1 Å². The van der Waals surface area contributed by atoms with E-state index in [1.54, 1.807) is 11.0 Å². The van der Waals surface area contributed by atoms with Gasteiger partial charge in [0.05, 0.1) is 13.2 Å². The van der Waals surface area contributed by atoms with Crippen molar-refractivity contribution < 1.29 is 28.6 Å². The third kappa shape index (κ3) is 6.48. The van der Waals surface area contributed by atoms with Crippen LogP contribution in [-0.4, -0.2) is 78.5 Å². The number of carbonyl (C=O) groups excluding carboxylic acids is 1. The van der Waals surface area contributed by atoms with Crippen molar-refractivity contribution >= 4 is 12.1 Å². The molecule has 1 unspecified atom stereocenters. The van der Waals surface area contributed by atoms with E-state index in [4.69, 9.17) is 14.6 Å². The van der Waals surface area contributed by atoms with Gasteiger partial charge in [-0.2, -0.15) is 0 Å². The average molecular weight is 479 g/mol. The van der Waals surface area contributed by atoms with E-state index in [-0.39, 0.29) is 30.2 Å². The van der Waals surface area contributed by atoms with Crippen LogP contribution in [0.1, 0.15) is 63.5 Å². The number of aliphatic carboxylic acids is 1. The number of carboxylic acid groups (broad SMARTS) is 1. The summed E-state index contributed by atoms with van der Waals surface area (Å²) in [6, 6.07) is 4.97. The van der Waals surface area contributed by atoms with Crippen LogP contribution in [0, 0.1) is 11.7 Å². The molecule has 7 nitrogen and oxygen atoms in total. The number of amides is 1. The zero-order valence-electron chi connectivity index (χ0n) is 20.7. The molecule has 1 N–H and O–H groups in total. The average Bonchev–Trinajstić information content (AvgIpc) is 2.81. The predicted octanol–water partition coefficient (Wildman–Crippen LogP) is 4.30. The molecule has 0 spiro atoms. The van der Waals surface area contributed by atoms with Crippen molar-refractivity contribution in [2.24, 2.45) is 5.92 Å². The first-order valence-electron chi connectivity index (χ1n) is 12.5. The highest BCUT2D eigenvalue weighted by Crippen LogP contribution is 2.48. The Balaban J connectivity index is 1.86. The van der Waals surface area contributed by atoms with Crippen LogP contribution in [-0.2, 0) is 20.7 Å². The van der Waals surface area contributed by atoms with E-state index >= 15 is 0 Å². The summed E-state index contributed by atoms with van der Waals surface area (Å²) in [6.45, 7) is 10.5. The third-order valence-corrected chi connectivity index (χ3v) is 7.21. The van der Waals surface area contributed by atoms with Crippen molar-refractivity contribution in [3.63, 3.8) is 0 Å². The van der Waals surface area contributed by atoms with Crippen molar-refractivity contribution in [3.8, 4) is 0 Å². The number of hydrogen-bond donors (Lipinski definition) is 1. The molecule has 0 radical (unpaired) electrons. The first-order valence-corrected chi connectivity index (χ1v) is 12.5. The number of ether oxygens (including phenoxy) is 2. The van der Waals surface area contributed by atoms with E-state index < -0.39 is 11.6 Å².